The number of benzene rings is 1. The fraction of sp³-hybridized carbons (Fsp3) is 0.438. The minimum absolute atomic E-state index is 0.0542. The van der Waals surface area contributed by atoms with Crippen LogP contribution in [0.3, 0.4) is 0 Å². The van der Waals surface area contributed by atoms with Crippen LogP contribution in [-0.4, -0.2) is 47.4 Å². The molecule has 0 bridgehead atoms. The van der Waals surface area contributed by atoms with Crippen LogP contribution >= 0.6 is 0 Å². The molecule has 1 heterocycles. The molecule has 1 aromatic rings. The maximum absolute atomic E-state index is 12.4. The first-order valence-corrected chi connectivity index (χ1v) is 6.93. The van der Waals surface area contributed by atoms with E-state index in [0.717, 1.165) is 0 Å². The third-order valence-electron chi connectivity index (χ3n) is 3.87. The van der Waals surface area contributed by atoms with E-state index in [4.69, 9.17) is 10.5 Å². The third-order valence-corrected chi connectivity index (χ3v) is 3.87. The molecule has 1 amide bonds. The SMILES string of the molecule is CC(C)(C#N)N1CCN(C(=O)c2cccc(C#N)c2)CC1. The Hall–Kier alpha value is -2.37. The molecule has 1 aliphatic heterocycles. The van der Waals surface area contributed by atoms with Crippen LogP contribution in [0.25, 0.3) is 0 Å². The van der Waals surface area contributed by atoms with Gasteiger partial charge in [0.25, 0.3) is 5.91 Å². The normalized spacial score (nSPS) is 16.1. The van der Waals surface area contributed by atoms with Crippen molar-refractivity contribution in [1.82, 2.24) is 9.80 Å². The van der Waals surface area contributed by atoms with Crippen LogP contribution in [0, 0.1) is 22.7 Å². The van der Waals surface area contributed by atoms with E-state index in [0.29, 0.717) is 37.3 Å². The summed E-state index contributed by atoms with van der Waals surface area (Å²) >= 11 is 0. The van der Waals surface area contributed by atoms with Crippen molar-refractivity contribution in [2.45, 2.75) is 19.4 Å². The van der Waals surface area contributed by atoms with Crippen LogP contribution in [-0.2, 0) is 0 Å². The number of hydrogen-bond donors (Lipinski definition) is 0. The quantitative estimate of drug-likeness (QED) is 0.826. The lowest BCUT2D eigenvalue weighted by Gasteiger charge is -2.40. The smallest absolute Gasteiger partial charge is 0.253 e. The second kappa shape index (κ2) is 5.95. The molecule has 0 radical (unpaired) electrons. The standard InChI is InChI=1S/C16H18N4O/c1-16(2,12-18)20-8-6-19(7-9-20)15(21)14-5-3-4-13(10-14)11-17/h3-5,10H,6-9H2,1-2H3. The van der Waals surface area contributed by atoms with Crippen molar-refractivity contribution < 1.29 is 4.79 Å². The van der Waals surface area contributed by atoms with E-state index in [-0.39, 0.29) is 5.91 Å². The third kappa shape index (κ3) is 3.21. The first kappa shape index (κ1) is 15.0. The fourth-order valence-electron chi connectivity index (χ4n) is 2.44. The molecular formula is C16H18N4O. The zero-order valence-corrected chi connectivity index (χ0v) is 12.3. The summed E-state index contributed by atoms with van der Waals surface area (Å²) in [4.78, 5) is 16.3. The van der Waals surface area contributed by atoms with Crippen LogP contribution in [0.15, 0.2) is 24.3 Å². The Bertz CT molecular complexity index is 616. The number of rotatable bonds is 2. The van der Waals surface area contributed by atoms with Crippen LogP contribution in [0.4, 0.5) is 0 Å². The minimum Gasteiger partial charge on any atom is -0.336 e. The summed E-state index contributed by atoms with van der Waals surface area (Å²) in [7, 11) is 0. The highest BCUT2D eigenvalue weighted by Crippen LogP contribution is 2.17. The van der Waals surface area contributed by atoms with Gasteiger partial charge in [0.2, 0.25) is 0 Å². The van der Waals surface area contributed by atoms with Gasteiger partial charge in [0.1, 0.15) is 5.54 Å². The number of nitriles is 2. The molecule has 0 aliphatic carbocycles. The number of carbonyl (C=O) groups excluding carboxylic acids is 1. The number of nitrogens with zero attached hydrogens (tertiary/aromatic N) is 4. The lowest BCUT2D eigenvalue weighted by molar-refractivity contribution is 0.0521. The molecule has 0 unspecified atom stereocenters. The lowest BCUT2D eigenvalue weighted by atomic mass is 10.0. The molecule has 21 heavy (non-hydrogen) atoms. The van der Waals surface area contributed by atoms with Crippen LogP contribution in [0.5, 0.6) is 0 Å². The zero-order valence-electron chi connectivity index (χ0n) is 12.3. The number of piperazine rings is 1. The monoisotopic (exact) mass is 282 g/mol. The Balaban J connectivity index is 2.04. The highest BCUT2D eigenvalue weighted by atomic mass is 16.2. The van der Waals surface area contributed by atoms with Gasteiger partial charge >= 0.3 is 0 Å². The Morgan fingerprint density at radius 3 is 2.43 bits per heavy atom. The predicted octanol–water partition coefficient (Wildman–Crippen LogP) is 1.62. The molecule has 0 N–H and O–H groups in total. The Morgan fingerprint density at radius 2 is 1.86 bits per heavy atom. The van der Waals surface area contributed by atoms with Gasteiger partial charge in [-0.1, -0.05) is 6.07 Å². The number of amides is 1. The van der Waals surface area contributed by atoms with Gasteiger partial charge in [0.05, 0.1) is 17.7 Å². The second-order valence-corrected chi connectivity index (χ2v) is 5.64. The van der Waals surface area contributed by atoms with Crippen LogP contribution < -0.4 is 0 Å². The molecule has 0 atom stereocenters. The van der Waals surface area contributed by atoms with Crippen molar-refractivity contribution >= 4 is 5.91 Å². The van der Waals surface area contributed by atoms with Crippen molar-refractivity contribution in [3.63, 3.8) is 0 Å². The van der Waals surface area contributed by atoms with Crippen molar-refractivity contribution in [3.8, 4) is 12.1 Å². The summed E-state index contributed by atoms with van der Waals surface area (Å²) in [5, 5.41) is 18.0. The molecule has 1 saturated heterocycles. The van der Waals surface area contributed by atoms with Gasteiger partial charge < -0.3 is 4.90 Å². The first-order valence-electron chi connectivity index (χ1n) is 6.93. The van der Waals surface area contributed by atoms with Gasteiger partial charge in [-0.25, -0.2) is 0 Å². The maximum Gasteiger partial charge on any atom is 0.253 e. The zero-order chi connectivity index (χ0) is 15.5. The topological polar surface area (TPSA) is 71.1 Å². The van der Waals surface area contributed by atoms with Crippen molar-refractivity contribution in [2.24, 2.45) is 0 Å². The van der Waals surface area contributed by atoms with Gasteiger partial charge in [0.15, 0.2) is 0 Å². The van der Waals surface area contributed by atoms with E-state index in [1.54, 1.807) is 29.2 Å². The highest BCUT2D eigenvalue weighted by molar-refractivity contribution is 5.94. The van der Waals surface area contributed by atoms with Gasteiger partial charge in [-0.3, -0.25) is 9.69 Å². The Labute approximate surface area is 125 Å². The van der Waals surface area contributed by atoms with E-state index in [1.165, 1.54) is 0 Å². The molecular weight excluding hydrogens is 264 g/mol. The largest absolute Gasteiger partial charge is 0.336 e. The molecule has 108 valence electrons. The van der Waals surface area contributed by atoms with Gasteiger partial charge in [-0.2, -0.15) is 10.5 Å². The number of hydrogen-bond acceptors (Lipinski definition) is 4. The van der Waals surface area contributed by atoms with Crippen molar-refractivity contribution in [1.29, 1.82) is 10.5 Å². The lowest BCUT2D eigenvalue weighted by Crippen LogP contribution is -2.55. The minimum atomic E-state index is -0.504. The second-order valence-electron chi connectivity index (χ2n) is 5.64. The van der Waals surface area contributed by atoms with E-state index in [2.05, 4.69) is 11.0 Å². The summed E-state index contributed by atoms with van der Waals surface area (Å²) < 4.78 is 0. The molecule has 5 nitrogen and oxygen atoms in total. The molecule has 0 aromatic heterocycles. The summed E-state index contributed by atoms with van der Waals surface area (Å²) in [5.41, 5.74) is 0.530. The van der Waals surface area contributed by atoms with Crippen LogP contribution in [0.2, 0.25) is 0 Å². The van der Waals surface area contributed by atoms with Gasteiger partial charge in [-0.15, -0.1) is 0 Å². The van der Waals surface area contributed by atoms with Crippen molar-refractivity contribution in [2.75, 3.05) is 26.2 Å². The van der Waals surface area contributed by atoms with Gasteiger partial charge in [-0.05, 0) is 32.0 Å². The van der Waals surface area contributed by atoms with Gasteiger partial charge in [0, 0.05) is 31.7 Å². The maximum atomic E-state index is 12.4. The van der Waals surface area contributed by atoms with E-state index >= 15 is 0 Å². The Kier molecular flexibility index (Phi) is 4.26. The molecule has 1 aliphatic rings. The average molecular weight is 282 g/mol. The summed E-state index contributed by atoms with van der Waals surface area (Å²) in [6, 6.07) is 11.1. The molecule has 1 fully saturated rings. The first-order chi connectivity index (χ1) is 9.97. The molecule has 5 heteroatoms. The van der Waals surface area contributed by atoms with Crippen molar-refractivity contribution in [3.05, 3.63) is 35.4 Å². The summed E-state index contributed by atoms with van der Waals surface area (Å²) in [6.45, 7) is 6.34. The van der Waals surface area contributed by atoms with E-state index in [9.17, 15) is 4.79 Å². The number of carbonyl (C=O) groups is 1. The fourth-order valence-corrected chi connectivity index (χ4v) is 2.44. The molecule has 0 saturated carbocycles. The Morgan fingerprint density at radius 1 is 1.19 bits per heavy atom. The van der Waals surface area contributed by atoms with E-state index < -0.39 is 5.54 Å². The summed E-state index contributed by atoms with van der Waals surface area (Å²) in [5.74, 6) is -0.0542. The van der Waals surface area contributed by atoms with E-state index in [1.807, 2.05) is 19.9 Å². The molecule has 2 rings (SSSR count). The molecule has 0 spiro atoms. The van der Waals surface area contributed by atoms with Crippen LogP contribution in [0.1, 0.15) is 29.8 Å². The highest BCUT2D eigenvalue weighted by Gasteiger charge is 2.31. The molecule has 1 aromatic carbocycles. The summed E-state index contributed by atoms with van der Waals surface area (Å²) in [6.07, 6.45) is 0. The predicted molar refractivity (Wildman–Crippen MR) is 78.3 cm³/mol. The average Bonchev–Trinajstić information content (AvgIpc) is 2.54.